The molecule has 16 heavy (non-hydrogen) atoms. The van der Waals surface area contributed by atoms with E-state index >= 15 is 0 Å². The molecular weight excluding hydrogens is 196 g/mol. The fourth-order valence-corrected chi connectivity index (χ4v) is 5.69. The van der Waals surface area contributed by atoms with Crippen molar-refractivity contribution in [3.63, 3.8) is 0 Å². The molecule has 0 amide bonds. The molecule has 4 aliphatic rings. The maximum Gasteiger partial charge on any atom is 0.0757 e. The van der Waals surface area contributed by atoms with Gasteiger partial charge in [-0.2, -0.15) is 0 Å². The lowest BCUT2D eigenvalue weighted by molar-refractivity contribution is -0.291. The minimum Gasteiger partial charge on any atom is -0.389 e. The maximum absolute atomic E-state index is 11.3. The first-order chi connectivity index (χ1) is 7.33. The van der Waals surface area contributed by atoms with Crippen LogP contribution in [0, 0.1) is 28.6 Å². The maximum atomic E-state index is 11.3. The molecule has 4 fully saturated rings. The molecule has 4 unspecified atom stereocenters. The molecule has 0 saturated heterocycles. The van der Waals surface area contributed by atoms with Gasteiger partial charge in [-0.05, 0) is 60.7 Å². The molecule has 0 aromatic carbocycles. The van der Waals surface area contributed by atoms with Gasteiger partial charge in [0.05, 0.1) is 5.60 Å². The average Bonchev–Trinajstić information content (AvgIpc) is 2.22. The summed E-state index contributed by atoms with van der Waals surface area (Å²) in [5.41, 5.74) is -0.0576. The normalized spacial score (nSPS) is 58.7. The van der Waals surface area contributed by atoms with Gasteiger partial charge in [-0.15, -0.1) is 0 Å². The van der Waals surface area contributed by atoms with Gasteiger partial charge in [0, 0.05) is 0 Å². The molecule has 5 atom stereocenters. The van der Waals surface area contributed by atoms with Crippen LogP contribution in [0.3, 0.4) is 0 Å². The Labute approximate surface area is 99.6 Å². The molecule has 92 valence electrons. The number of aliphatic hydroxyl groups is 1. The zero-order valence-corrected chi connectivity index (χ0v) is 11.2. The van der Waals surface area contributed by atoms with Crippen LogP contribution in [0.15, 0.2) is 0 Å². The number of hydrogen-bond donors (Lipinski definition) is 1. The first-order valence-corrected chi connectivity index (χ1v) is 7.05. The first kappa shape index (κ1) is 11.1. The van der Waals surface area contributed by atoms with Gasteiger partial charge in [-0.25, -0.2) is 0 Å². The molecule has 1 N–H and O–H groups in total. The van der Waals surface area contributed by atoms with Gasteiger partial charge >= 0.3 is 0 Å². The van der Waals surface area contributed by atoms with E-state index in [1.54, 1.807) is 0 Å². The molecule has 4 rings (SSSR count). The van der Waals surface area contributed by atoms with Crippen LogP contribution in [0.25, 0.3) is 0 Å². The monoisotopic (exact) mass is 222 g/mol. The van der Waals surface area contributed by atoms with Crippen molar-refractivity contribution in [2.75, 3.05) is 0 Å². The van der Waals surface area contributed by atoms with Gasteiger partial charge < -0.3 is 5.11 Å². The molecule has 0 aromatic heterocycles. The predicted molar refractivity (Wildman–Crippen MR) is 66.1 cm³/mol. The van der Waals surface area contributed by atoms with Crippen molar-refractivity contribution in [3.8, 4) is 0 Å². The largest absolute Gasteiger partial charge is 0.389 e. The molecule has 0 heterocycles. The molecule has 4 aliphatic carbocycles. The highest BCUT2D eigenvalue weighted by molar-refractivity contribution is 5.19. The van der Waals surface area contributed by atoms with Gasteiger partial charge in [-0.3, -0.25) is 0 Å². The summed E-state index contributed by atoms with van der Waals surface area (Å²) in [7, 11) is 0. The Kier molecular flexibility index (Phi) is 1.98. The average molecular weight is 222 g/mol. The molecule has 0 aromatic rings. The van der Waals surface area contributed by atoms with Crippen LogP contribution in [0.4, 0.5) is 0 Å². The van der Waals surface area contributed by atoms with E-state index in [4.69, 9.17) is 0 Å². The Morgan fingerprint density at radius 1 is 1.06 bits per heavy atom. The summed E-state index contributed by atoms with van der Waals surface area (Å²) < 4.78 is 0. The Morgan fingerprint density at radius 2 is 1.75 bits per heavy atom. The second kappa shape index (κ2) is 2.85. The Bertz CT molecular complexity index is 321. The molecule has 1 nitrogen and oxygen atoms in total. The van der Waals surface area contributed by atoms with E-state index in [0.29, 0.717) is 0 Å². The molecule has 0 spiro atoms. The fourth-order valence-electron chi connectivity index (χ4n) is 5.69. The third kappa shape index (κ3) is 0.939. The smallest absolute Gasteiger partial charge is 0.0757 e. The number of rotatable bonds is 0. The Morgan fingerprint density at radius 3 is 2.44 bits per heavy atom. The highest BCUT2D eigenvalue weighted by Gasteiger charge is 2.69. The molecule has 4 bridgehead atoms. The second-order valence-corrected chi connectivity index (χ2v) is 7.59. The lowest BCUT2D eigenvalue weighted by Crippen LogP contribution is -2.71. The van der Waals surface area contributed by atoms with Crippen LogP contribution in [0.5, 0.6) is 0 Å². The van der Waals surface area contributed by atoms with Crippen LogP contribution in [-0.4, -0.2) is 10.7 Å². The van der Waals surface area contributed by atoms with Crippen LogP contribution in [0.2, 0.25) is 0 Å². The minimum atomic E-state index is -0.391. The van der Waals surface area contributed by atoms with Gasteiger partial charge in [0.25, 0.3) is 0 Å². The topological polar surface area (TPSA) is 20.2 Å². The Hall–Kier alpha value is -0.0400. The van der Waals surface area contributed by atoms with Gasteiger partial charge in [0.15, 0.2) is 0 Å². The highest BCUT2D eigenvalue weighted by Crippen LogP contribution is 2.71. The third-order valence-electron chi connectivity index (χ3n) is 7.05. The quantitative estimate of drug-likeness (QED) is 0.664. The summed E-state index contributed by atoms with van der Waals surface area (Å²) in [6.07, 6.45) is 6.23. The van der Waals surface area contributed by atoms with Gasteiger partial charge in [-0.1, -0.05) is 27.7 Å². The fraction of sp³-hybridized carbons (Fsp3) is 1.00. The number of hydrogen-bond acceptors (Lipinski definition) is 1. The lowest BCUT2D eigenvalue weighted by Gasteiger charge is -2.71. The van der Waals surface area contributed by atoms with Crippen molar-refractivity contribution in [2.45, 2.75) is 65.4 Å². The van der Waals surface area contributed by atoms with Crippen LogP contribution < -0.4 is 0 Å². The summed E-state index contributed by atoms with van der Waals surface area (Å²) in [6, 6.07) is 0. The van der Waals surface area contributed by atoms with Crippen molar-refractivity contribution in [3.05, 3.63) is 0 Å². The zero-order valence-electron chi connectivity index (χ0n) is 11.2. The van der Waals surface area contributed by atoms with Crippen molar-refractivity contribution in [1.82, 2.24) is 0 Å². The predicted octanol–water partition coefficient (Wildman–Crippen LogP) is 3.61. The summed E-state index contributed by atoms with van der Waals surface area (Å²) >= 11 is 0. The highest BCUT2D eigenvalue weighted by atomic mass is 16.3. The van der Waals surface area contributed by atoms with E-state index < -0.39 is 5.60 Å². The van der Waals surface area contributed by atoms with E-state index in [0.717, 1.165) is 24.2 Å². The van der Waals surface area contributed by atoms with Crippen LogP contribution in [0.1, 0.15) is 59.8 Å². The Balaban J connectivity index is 2.13. The van der Waals surface area contributed by atoms with Crippen molar-refractivity contribution in [1.29, 1.82) is 0 Å². The van der Waals surface area contributed by atoms with E-state index in [1.807, 2.05) is 0 Å². The van der Waals surface area contributed by atoms with Gasteiger partial charge in [0.1, 0.15) is 0 Å². The third-order valence-corrected chi connectivity index (χ3v) is 7.05. The van der Waals surface area contributed by atoms with Gasteiger partial charge in [0.2, 0.25) is 0 Å². The van der Waals surface area contributed by atoms with E-state index in [2.05, 4.69) is 27.7 Å². The standard InChI is InChI=1S/C15H26O/c1-10-5-8-15(16)13(2,3)11-6-7-14(15,4)12(10)9-11/h10-12,16H,5-9H2,1-4H3/t10-,11?,12?,14?,15?/m0/s1. The van der Waals surface area contributed by atoms with Crippen LogP contribution >= 0.6 is 0 Å². The van der Waals surface area contributed by atoms with Crippen molar-refractivity contribution in [2.24, 2.45) is 28.6 Å². The molecule has 0 radical (unpaired) electrons. The molecule has 1 heteroatoms. The second-order valence-electron chi connectivity index (χ2n) is 7.59. The summed E-state index contributed by atoms with van der Waals surface area (Å²) in [5.74, 6) is 2.36. The summed E-state index contributed by atoms with van der Waals surface area (Å²) in [4.78, 5) is 0. The molecular formula is C15H26O. The van der Waals surface area contributed by atoms with E-state index in [1.165, 1.54) is 25.7 Å². The summed E-state index contributed by atoms with van der Waals surface area (Å²) in [6.45, 7) is 9.43. The summed E-state index contributed by atoms with van der Waals surface area (Å²) in [5, 5.41) is 11.3. The lowest BCUT2D eigenvalue weighted by atomic mass is 9.35. The number of fused-ring (bicyclic) bond motifs is 1. The van der Waals surface area contributed by atoms with E-state index in [9.17, 15) is 5.11 Å². The molecule has 0 aliphatic heterocycles. The van der Waals surface area contributed by atoms with Crippen molar-refractivity contribution >= 4 is 0 Å². The minimum absolute atomic E-state index is 0.136. The van der Waals surface area contributed by atoms with Crippen molar-refractivity contribution < 1.29 is 5.11 Å². The van der Waals surface area contributed by atoms with E-state index in [-0.39, 0.29) is 10.8 Å². The SMILES string of the molecule is C[C@H]1CCC2(O)C(C)(C)C3CCC2(C)C1C3. The van der Waals surface area contributed by atoms with Crippen LogP contribution in [-0.2, 0) is 0 Å². The molecule has 4 saturated carbocycles. The first-order valence-electron chi connectivity index (χ1n) is 7.05. The zero-order chi connectivity index (χ0) is 11.8.